The van der Waals surface area contributed by atoms with Crippen LogP contribution in [0.5, 0.6) is 0 Å². The van der Waals surface area contributed by atoms with Crippen LogP contribution in [0, 0.1) is 12.8 Å². The van der Waals surface area contributed by atoms with Crippen molar-refractivity contribution in [2.24, 2.45) is 5.92 Å². The maximum Gasteiger partial charge on any atom is 0.105 e. The largest absolute Gasteiger partial charge is 0.331 e. The number of thiophene rings is 1. The topological polar surface area (TPSA) is 29.9 Å². The number of imidazole rings is 1. The van der Waals surface area contributed by atoms with Crippen molar-refractivity contribution in [3.63, 3.8) is 0 Å². The van der Waals surface area contributed by atoms with E-state index in [1.54, 1.807) is 11.3 Å². The predicted octanol–water partition coefficient (Wildman–Crippen LogP) is 3.24. The van der Waals surface area contributed by atoms with Crippen LogP contribution in [0.15, 0.2) is 23.0 Å². The van der Waals surface area contributed by atoms with E-state index in [1.165, 1.54) is 11.3 Å². The van der Waals surface area contributed by atoms with Crippen molar-refractivity contribution in [2.45, 2.75) is 40.3 Å². The van der Waals surface area contributed by atoms with Crippen molar-refractivity contribution < 1.29 is 0 Å². The Labute approximate surface area is 119 Å². The summed E-state index contributed by atoms with van der Waals surface area (Å²) in [6.45, 7) is 9.51. The Morgan fingerprint density at radius 1 is 1.42 bits per heavy atom. The maximum atomic E-state index is 4.44. The molecule has 2 rings (SSSR count). The summed E-state index contributed by atoms with van der Waals surface area (Å²) in [5.41, 5.74) is 2.70. The molecule has 0 saturated carbocycles. The lowest BCUT2D eigenvalue weighted by Crippen LogP contribution is -2.21. The highest BCUT2D eigenvalue weighted by Gasteiger charge is 2.07. The van der Waals surface area contributed by atoms with E-state index in [0.717, 1.165) is 31.9 Å². The van der Waals surface area contributed by atoms with Crippen LogP contribution in [0.4, 0.5) is 0 Å². The Morgan fingerprint density at radius 2 is 2.26 bits per heavy atom. The molecule has 2 aromatic rings. The number of rotatable bonds is 7. The lowest BCUT2D eigenvalue weighted by Gasteiger charge is -2.11. The fourth-order valence-corrected chi connectivity index (χ4v) is 2.83. The van der Waals surface area contributed by atoms with Crippen LogP contribution in [0.25, 0.3) is 0 Å². The summed E-state index contributed by atoms with van der Waals surface area (Å²) in [4.78, 5) is 4.44. The van der Waals surface area contributed by atoms with E-state index in [0.29, 0.717) is 5.92 Å². The number of hydrogen-bond donors (Lipinski definition) is 1. The molecule has 2 heterocycles. The zero-order valence-electron chi connectivity index (χ0n) is 12.0. The van der Waals surface area contributed by atoms with Crippen LogP contribution in [-0.4, -0.2) is 16.1 Å². The normalized spacial score (nSPS) is 11.4. The highest BCUT2D eigenvalue weighted by Crippen LogP contribution is 2.11. The molecule has 2 aromatic heterocycles. The van der Waals surface area contributed by atoms with Crippen LogP contribution in [0.3, 0.4) is 0 Å². The highest BCUT2D eigenvalue weighted by molar-refractivity contribution is 7.07. The molecule has 0 bridgehead atoms. The summed E-state index contributed by atoms with van der Waals surface area (Å²) >= 11 is 1.77. The minimum absolute atomic E-state index is 0.684. The average molecular weight is 277 g/mol. The Balaban J connectivity index is 1.93. The first-order valence-corrected chi connectivity index (χ1v) is 7.84. The molecule has 1 N–H and O–H groups in total. The average Bonchev–Trinajstić information content (AvgIpc) is 2.97. The Hall–Kier alpha value is -1.13. The monoisotopic (exact) mass is 277 g/mol. The summed E-state index contributed by atoms with van der Waals surface area (Å²) in [5, 5.41) is 7.85. The number of hydrogen-bond acceptors (Lipinski definition) is 3. The van der Waals surface area contributed by atoms with Crippen molar-refractivity contribution in [1.82, 2.24) is 14.9 Å². The third-order valence-electron chi connectivity index (χ3n) is 3.20. The van der Waals surface area contributed by atoms with Gasteiger partial charge in [-0.2, -0.15) is 11.3 Å². The molecule has 4 heteroatoms. The van der Waals surface area contributed by atoms with Crippen LogP contribution < -0.4 is 5.32 Å². The number of aromatic nitrogens is 2. The smallest absolute Gasteiger partial charge is 0.105 e. The standard InChI is InChI=1S/C15H23N3S/c1-12(2)8-16-9-15-10-17-13(3)18(15)6-4-14-5-7-19-11-14/h5,7,10-12,16H,4,6,8-9H2,1-3H3. The predicted molar refractivity (Wildman–Crippen MR) is 81.5 cm³/mol. The number of aryl methyl sites for hydroxylation is 2. The van der Waals surface area contributed by atoms with Gasteiger partial charge in [-0.15, -0.1) is 0 Å². The van der Waals surface area contributed by atoms with Crippen LogP contribution in [0.2, 0.25) is 0 Å². The fraction of sp³-hybridized carbons (Fsp3) is 0.533. The minimum atomic E-state index is 0.684. The van der Waals surface area contributed by atoms with Gasteiger partial charge in [0.2, 0.25) is 0 Å². The molecule has 0 spiro atoms. The molecular formula is C15H23N3S. The molecule has 0 amide bonds. The van der Waals surface area contributed by atoms with Gasteiger partial charge in [0.25, 0.3) is 0 Å². The second-order valence-corrected chi connectivity index (χ2v) is 6.13. The van der Waals surface area contributed by atoms with Gasteiger partial charge in [-0.25, -0.2) is 4.98 Å². The van der Waals surface area contributed by atoms with Crippen molar-refractivity contribution >= 4 is 11.3 Å². The van der Waals surface area contributed by atoms with Gasteiger partial charge in [-0.1, -0.05) is 13.8 Å². The Kier molecular flexibility index (Phi) is 5.16. The van der Waals surface area contributed by atoms with Gasteiger partial charge < -0.3 is 9.88 Å². The molecule has 0 unspecified atom stereocenters. The van der Waals surface area contributed by atoms with Gasteiger partial charge in [0.05, 0.1) is 5.69 Å². The second kappa shape index (κ2) is 6.87. The summed E-state index contributed by atoms with van der Waals surface area (Å²) in [6, 6.07) is 2.20. The third kappa shape index (κ3) is 4.18. The molecule has 104 valence electrons. The molecule has 0 aliphatic rings. The van der Waals surface area contributed by atoms with Gasteiger partial charge in [0, 0.05) is 19.3 Å². The summed E-state index contributed by atoms with van der Waals surface area (Å²) in [6.07, 6.45) is 3.08. The first-order valence-electron chi connectivity index (χ1n) is 6.89. The van der Waals surface area contributed by atoms with E-state index in [1.807, 2.05) is 6.20 Å². The van der Waals surface area contributed by atoms with Gasteiger partial charge in [-0.3, -0.25) is 0 Å². The third-order valence-corrected chi connectivity index (χ3v) is 3.93. The second-order valence-electron chi connectivity index (χ2n) is 5.35. The minimum Gasteiger partial charge on any atom is -0.331 e. The van der Waals surface area contributed by atoms with E-state index in [4.69, 9.17) is 0 Å². The molecule has 0 atom stereocenters. The number of nitrogens with one attached hydrogen (secondary N) is 1. The van der Waals surface area contributed by atoms with E-state index in [2.05, 4.69) is 52.5 Å². The summed E-state index contributed by atoms with van der Waals surface area (Å²) in [7, 11) is 0. The lowest BCUT2D eigenvalue weighted by molar-refractivity contribution is 0.531. The van der Waals surface area contributed by atoms with Crippen LogP contribution in [0.1, 0.15) is 30.9 Å². The summed E-state index contributed by atoms with van der Waals surface area (Å²) < 4.78 is 2.32. The van der Waals surface area contributed by atoms with Crippen molar-refractivity contribution in [1.29, 1.82) is 0 Å². The molecule has 0 aliphatic heterocycles. The van der Waals surface area contributed by atoms with Crippen LogP contribution >= 0.6 is 11.3 Å². The quantitative estimate of drug-likeness (QED) is 0.842. The molecule has 0 aliphatic carbocycles. The molecule has 0 fully saturated rings. The Morgan fingerprint density at radius 3 is 2.95 bits per heavy atom. The van der Waals surface area contributed by atoms with Crippen molar-refractivity contribution in [3.05, 3.63) is 40.1 Å². The van der Waals surface area contributed by atoms with Crippen molar-refractivity contribution in [3.8, 4) is 0 Å². The number of nitrogens with zero attached hydrogens (tertiary/aromatic N) is 2. The van der Waals surface area contributed by atoms with Gasteiger partial charge in [0.1, 0.15) is 5.82 Å². The SMILES string of the molecule is Cc1ncc(CNCC(C)C)n1CCc1ccsc1. The molecule has 3 nitrogen and oxygen atoms in total. The van der Waals surface area contributed by atoms with E-state index in [-0.39, 0.29) is 0 Å². The van der Waals surface area contributed by atoms with Gasteiger partial charge in [0.15, 0.2) is 0 Å². The Bertz CT molecular complexity index is 485. The van der Waals surface area contributed by atoms with Crippen molar-refractivity contribution in [2.75, 3.05) is 6.54 Å². The zero-order chi connectivity index (χ0) is 13.7. The highest BCUT2D eigenvalue weighted by atomic mass is 32.1. The molecule has 0 radical (unpaired) electrons. The van der Waals surface area contributed by atoms with Gasteiger partial charge in [-0.05, 0) is 48.2 Å². The molecular weight excluding hydrogens is 254 g/mol. The lowest BCUT2D eigenvalue weighted by atomic mass is 10.2. The molecule has 19 heavy (non-hydrogen) atoms. The van der Waals surface area contributed by atoms with E-state index >= 15 is 0 Å². The fourth-order valence-electron chi connectivity index (χ4n) is 2.13. The van der Waals surface area contributed by atoms with Gasteiger partial charge >= 0.3 is 0 Å². The summed E-state index contributed by atoms with van der Waals surface area (Å²) in [5.74, 6) is 1.79. The zero-order valence-corrected chi connectivity index (χ0v) is 12.8. The first-order chi connectivity index (χ1) is 9.16. The van der Waals surface area contributed by atoms with E-state index < -0.39 is 0 Å². The van der Waals surface area contributed by atoms with Crippen LogP contribution in [-0.2, 0) is 19.5 Å². The van der Waals surface area contributed by atoms with E-state index in [9.17, 15) is 0 Å². The first kappa shape index (κ1) is 14.3. The maximum absolute atomic E-state index is 4.44. The molecule has 0 aromatic carbocycles. The molecule has 0 saturated heterocycles.